The van der Waals surface area contributed by atoms with Crippen molar-refractivity contribution in [3.05, 3.63) is 11.6 Å². The molecule has 0 amide bonds. The summed E-state index contributed by atoms with van der Waals surface area (Å²) >= 11 is 0. The molecular formula is C33H56O3. The van der Waals surface area contributed by atoms with Gasteiger partial charge in [-0.15, -0.1) is 0 Å². The van der Waals surface area contributed by atoms with E-state index in [9.17, 15) is 4.79 Å². The fraction of sp³-hybridized carbons (Fsp3) is 0.909. The van der Waals surface area contributed by atoms with Crippen LogP contribution in [0.2, 0.25) is 0 Å². The molecule has 3 nitrogen and oxygen atoms in total. The maximum absolute atomic E-state index is 12.3. The number of carbonyl (C=O) groups excluding carboxylic acids is 1. The zero-order valence-electron chi connectivity index (χ0n) is 24.6. The van der Waals surface area contributed by atoms with Gasteiger partial charge >= 0.3 is 6.16 Å². The molecule has 206 valence electrons. The van der Waals surface area contributed by atoms with Crippen molar-refractivity contribution in [2.45, 2.75) is 132 Å². The summed E-state index contributed by atoms with van der Waals surface area (Å²) in [5.41, 5.74) is 2.42. The van der Waals surface area contributed by atoms with Crippen LogP contribution in [0.3, 0.4) is 0 Å². The summed E-state index contributed by atoms with van der Waals surface area (Å²) in [6.45, 7) is 17.2. The summed E-state index contributed by atoms with van der Waals surface area (Å²) in [6.07, 6.45) is 17.3. The molecular weight excluding hydrogens is 444 g/mol. The zero-order chi connectivity index (χ0) is 26.1. The second-order valence-corrected chi connectivity index (χ2v) is 14.3. The van der Waals surface area contributed by atoms with Gasteiger partial charge in [-0.1, -0.05) is 85.8 Å². The molecule has 0 N–H and O–H groups in total. The standard InChI is InChI=1S/C33H56O3/c1-8-23(4)21-35-31(34)36-26-16-18-32(6)25(20-26)12-13-27-29-15-14-28(24(5)11-9-10-22(2)3)33(29,7)19-17-30(27)32/h12,22-24,26-30H,8-11,13-21H2,1-7H3/t23-,24-,26-,27-,28+,29+,30+,32-,33-/m0/s1. The Labute approximate surface area is 222 Å². The van der Waals surface area contributed by atoms with Crippen molar-refractivity contribution in [1.82, 2.24) is 0 Å². The molecule has 0 aromatic heterocycles. The maximum Gasteiger partial charge on any atom is 0.508 e. The molecule has 0 unspecified atom stereocenters. The first-order valence-corrected chi connectivity index (χ1v) is 15.6. The van der Waals surface area contributed by atoms with E-state index in [0.29, 0.717) is 23.4 Å². The van der Waals surface area contributed by atoms with Crippen LogP contribution < -0.4 is 0 Å². The summed E-state index contributed by atoms with van der Waals surface area (Å²) in [7, 11) is 0. The third-order valence-corrected chi connectivity index (χ3v) is 11.7. The van der Waals surface area contributed by atoms with Gasteiger partial charge in [-0.2, -0.15) is 0 Å². The molecule has 0 heterocycles. The third-order valence-electron chi connectivity index (χ3n) is 11.7. The molecule has 0 bridgehead atoms. The zero-order valence-corrected chi connectivity index (χ0v) is 24.6. The van der Waals surface area contributed by atoms with Gasteiger partial charge < -0.3 is 9.47 Å². The average Bonchev–Trinajstić information content (AvgIpc) is 3.19. The van der Waals surface area contributed by atoms with Crippen LogP contribution in [0.15, 0.2) is 11.6 Å². The van der Waals surface area contributed by atoms with Crippen LogP contribution in [0.1, 0.15) is 126 Å². The summed E-state index contributed by atoms with van der Waals surface area (Å²) in [5.74, 6) is 5.56. The Morgan fingerprint density at radius 2 is 1.81 bits per heavy atom. The lowest BCUT2D eigenvalue weighted by Gasteiger charge is -2.58. The Morgan fingerprint density at radius 1 is 1.03 bits per heavy atom. The number of hydrogen-bond donors (Lipinski definition) is 0. The van der Waals surface area contributed by atoms with Crippen LogP contribution in [-0.2, 0) is 9.47 Å². The minimum Gasteiger partial charge on any atom is -0.434 e. The summed E-state index contributed by atoms with van der Waals surface area (Å²) < 4.78 is 11.2. The molecule has 36 heavy (non-hydrogen) atoms. The van der Waals surface area contributed by atoms with Crippen molar-refractivity contribution < 1.29 is 14.3 Å². The molecule has 0 aromatic rings. The highest BCUT2D eigenvalue weighted by Crippen LogP contribution is 2.67. The van der Waals surface area contributed by atoms with E-state index >= 15 is 0 Å². The van der Waals surface area contributed by atoms with E-state index in [4.69, 9.17) is 9.47 Å². The number of fused-ring (bicyclic) bond motifs is 5. The van der Waals surface area contributed by atoms with Crippen LogP contribution >= 0.6 is 0 Å². The fourth-order valence-corrected chi connectivity index (χ4v) is 9.25. The van der Waals surface area contributed by atoms with Gasteiger partial charge in [0.05, 0.1) is 6.61 Å². The topological polar surface area (TPSA) is 35.5 Å². The van der Waals surface area contributed by atoms with Crippen molar-refractivity contribution in [3.8, 4) is 0 Å². The molecule has 4 rings (SSSR count). The predicted octanol–water partition coefficient (Wildman–Crippen LogP) is 9.60. The lowest BCUT2D eigenvalue weighted by molar-refractivity contribution is -0.0621. The molecule has 0 aliphatic heterocycles. The average molecular weight is 501 g/mol. The van der Waals surface area contributed by atoms with E-state index < -0.39 is 6.16 Å². The summed E-state index contributed by atoms with van der Waals surface area (Å²) in [5, 5.41) is 0. The molecule has 0 saturated heterocycles. The normalized spacial score (nSPS) is 39.4. The molecule has 3 fully saturated rings. The molecule has 0 aromatic carbocycles. The van der Waals surface area contributed by atoms with Crippen LogP contribution in [0.25, 0.3) is 0 Å². The lowest BCUT2D eigenvalue weighted by atomic mass is 9.47. The molecule has 0 spiro atoms. The molecule has 4 aliphatic carbocycles. The first-order valence-electron chi connectivity index (χ1n) is 15.6. The minimum absolute atomic E-state index is 0.0123. The predicted molar refractivity (Wildman–Crippen MR) is 149 cm³/mol. The van der Waals surface area contributed by atoms with Gasteiger partial charge in [0.15, 0.2) is 0 Å². The first kappa shape index (κ1) is 28.0. The van der Waals surface area contributed by atoms with Crippen LogP contribution in [-0.4, -0.2) is 18.9 Å². The van der Waals surface area contributed by atoms with Gasteiger partial charge in [-0.3, -0.25) is 0 Å². The number of rotatable bonds is 9. The minimum atomic E-state index is -0.467. The van der Waals surface area contributed by atoms with Gasteiger partial charge in [0, 0.05) is 6.42 Å². The van der Waals surface area contributed by atoms with E-state index in [1.54, 1.807) is 5.57 Å². The number of hydrogen-bond acceptors (Lipinski definition) is 3. The van der Waals surface area contributed by atoms with Crippen molar-refractivity contribution in [3.63, 3.8) is 0 Å². The largest absolute Gasteiger partial charge is 0.508 e. The molecule has 4 aliphatic rings. The molecule has 3 saturated carbocycles. The highest BCUT2D eigenvalue weighted by atomic mass is 16.7. The SMILES string of the molecule is CC[C@H](C)COC(=O)O[C@H]1CC[C@@]2(C)C(=CC[C@H]3[C@H]4CC[C@H]([C@@H](C)CCCC(C)C)[C@]4(C)CC[C@H]32)C1. The Hall–Kier alpha value is -0.990. The quantitative estimate of drug-likeness (QED) is 0.233. The highest BCUT2D eigenvalue weighted by molar-refractivity contribution is 5.60. The van der Waals surface area contributed by atoms with Gasteiger partial charge in [0.25, 0.3) is 0 Å². The molecule has 3 heteroatoms. The smallest absolute Gasteiger partial charge is 0.434 e. The molecule has 0 radical (unpaired) electrons. The number of ether oxygens (including phenoxy) is 2. The van der Waals surface area contributed by atoms with E-state index in [0.717, 1.165) is 61.2 Å². The number of allylic oxidation sites excluding steroid dienone is 1. The van der Waals surface area contributed by atoms with Crippen molar-refractivity contribution in [2.75, 3.05) is 6.61 Å². The third kappa shape index (κ3) is 5.56. The first-order chi connectivity index (χ1) is 17.1. The van der Waals surface area contributed by atoms with Gasteiger partial charge in [-0.25, -0.2) is 4.79 Å². The lowest BCUT2D eigenvalue weighted by Crippen LogP contribution is -2.51. The van der Waals surface area contributed by atoms with E-state index in [1.165, 1.54) is 51.4 Å². The summed E-state index contributed by atoms with van der Waals surface area (Å²) in [4.78, 5) is 12.3. The van der Waals surface area contributed by atoms with Crippen molar-refractivity contribution >= 4 is 6.16 Å². The Bertz CT molecular complexity index is 786. The Kier molecular flexibility index (Phi) is 8.88. The van der Waals surface area contributed by atoms with Gasteiger partial charge in [0.2, 0.25) is 0 Å². The van der Waals surface area contributed by atoms with Crippen LogP contribution in [0.4, 0.5) is 4.79 Å². The van der Waals surface area contributed by atoms with Crippen molar-refractivity contribution in [2.24, 2.45) is 52.3 Å². The second-order valence-electron chi connectivity index (χ2n) is 14.3. The van der Waals surface area contributed by atoms with Crippen LogP contribution in [0, 0.1) is 52.3 Å². The second kappa shape index (κ2) is 11.4. The highest BCUT2D eigenvalue weighted by Gasteiger charge is 2.59. The van der Waals surface area contributed by atoms with E-state index in [2.05, 4.69) is 54.5 Å². The van der Waals surface area contributed by atoms with Gasteiger partial charge in [-0.05, 0) is 97.2 Å². The number of carbonyl (C=O) groups is 1. The maximum atomic E-state index is 12.3. The summed E-state index contributed by atoms with van der Waals surface area (Å²) in [6, 6.07) is 0. The van der Waals surface area contributed by atoms with Crippen LogP contribution in [0.5, 0.6) is 0 Å². The molecule has 9 atom stereocenters. The monoisotopic (exact) mass is 500 g/mol. The Balaban J connectivity index is 1.38. The van der Waals surface area contributed by atoms with Gasteiger partial charge in [0.1, 0.15) is 6.10 Å². The van der Waals surface area contributed by atoms with E-state index in [-0.39, 0.29) is 6.10 Å². The van der Waals surface area contributed by atoms with E-state index in [1.807, 2.05) is 0 Å². The Morgan fingerprint density at radius 3 is 2.53 bits per heavy atom. The van der Waals surface area contributed by atoms with Crippen molar-refractivity contribution in [1.29, 1.82) is 0 Å². The fourth-order valence-electron chi connectivity index (χ4n) is 9.25.